The molecule has 0 saturated heterocycles. The average molecular weight is 352 g/mol. The van der Waals surface area contributed by atoms with E-state index < -0.39 is 5.97 Å². The van der Waals surface area contributed by atoms with Crippen LogP contribution in [-0.4, -0.2) is 24.0 Å². The second-order valence-corrected chi connectivity index (χ2v) is 6.28. The highest BCUT2D eigenvalue weighted by atomic mass is 32.1. The Kier molecular flexibility index (Phi) is 4.90. The molecule has 0 aliphatic rings. The molecule has 2 aromatic heterocycles. The lowest BCUT2D eigenvalue weighted by Crippen LogP contribution is -2.14. The monoisotopic (exact) mass is 352 g/mol. The van der Waals surface area contributed by atoms with Crippen LogP contribution in [0.2, 0.25) is 0 Å². The van der Waals surface area contributed by atoms with Crippen molar-refractivity contribution < 1.29 is 14.3 Å². The number of nitrogens with one attached hydrogen (secondary N) is 1. The lowest BCUT2D eigenvalue weighted by Gasteiger charge is -2.09. The van der Waals surface area contributed by atoms with E-state index in [9.17, 15) is 9.59 Å². The zero-order valence-electron chi connectivity index (χ0n) is 13.8. The topological polar surface area (TPSA) is 68.3 Å². The van der Waals surface area contributed by atoms with Crippen molar-refractivity contribution in [2.24, 2.45) is 0 Å². The molecule has 0 fully saturated rings. The molecule has 1 N–H and O–H groups in total. The molecule has 3 rings (SSSR count). The first-order valence-electron chi connectivity index (χ1n) is 7.60. The summed E-state index contributed by atoms with van der Waals surface area (Å²) >= 11 is 1.60. The van der Waals surface area contributed by atoms with Gasteiger partial charge in [0.25, 0.3) is 5.91 Å². The molecular weight excluding hydrogens is 336 g/mol. The standard InChI is InChI=1S/C19H16N2O3S/c1-12-15(8-9-16(20-12)17-7-4-10-25-17)18(22)21-14-6-3-5-13(11-14)19(23)24-2/h3-11H,1-2H3,(H,21,22). The van der Waals surface area contributed by atoms with Gasteiger partial charge in [-0.15, -0.1) is 11.3 Å². The van der Waals surface area contributed by atoms with Crippen molar-refractivity contribution in [1.29, 1.82) is 0 Å². The summed E-state index contributed by atoms with van der Waals surface area (Å²) in [5.41, 5.74) is 2.88. The van der Waals surface area contributed by atoms with E-state index in [1.807, 2.05) is 23.6 Å². The number of hydrogen-bond acceptors (Lipinski definition) is 5. The maximum absolute atomic E-state index is 12.5. The van der Waals surface area contributed by atoms with Gasteiger partial charge in [-0.05, 0) is 48.7 Å². The van der Waals surface area contributed by atoms with Gasteiger partial charge in [0.15, 0.2) is 0 Å². The van der Waals surface area contributed by atoms with Crippen LogP contribution in [0.5, 0.6) is 0 Å². The molecule has 6 heteroatoms. The SMILES string of the molecule is COC(=O)c1cccc(NC(=O)c2ccc(-c3cccs3)nc2C)c1. The second-order valence-electron chi connectivity index (χ2n) is 5.33. The van der Waals surface area contributed by atoms with Gasteiger partial charge in [-0.3, -0.25) is 9.78 Å². The predicted octanol–water partition coefficient (Wildman–Crippen LogP) is 4.16. The van der Waals surface area contributed by atoms with E-state index in [4.69, 9.17) is 0 Å². The highest BCUT2D eigenvalue weighted by molar-refractivity contribution is 7.13. The molecule has 0 bridgehead atoms. The van der Waals surface area contributed by atoms with Crippen molar-refractivity contribution in [2.45, 2.75) is 6.92 Å². The van der Waals surface area contributed by atoms with Crippen molar-refractivity contribution in [2.75, 3.05) is 12.4 Å². The van der Waals surface area contributed by atoms with E-state index in [0.29, 0.717) is 22.5 Å². The number of methoxy groups -OCH3 is 1. The van der Waals surface area contributed by atoms with Crippen LogP contribution in [0.3, 0.4) is 0 Å². The van der Waals surface area contributed by atoms with Gasteiger partial charge in [0, 0.05) is 5.69 Å². The van der Waals surface area contributed by atoms with Gasteiger partial charge in [-0.1, -0.05) is 12.1 Å². The molecule has 0 radical (unpaired) electrons. The Labute approximate surface area is 149 Å². The summed E-state index contributed by atoms with van der Waals surface area (Å²) in [6.45, 7) is 1.80. The van der Waals surface area contributed by atoms with Crippen molar-refractivity contribution >= 4 is 28.9 Å². The normalized spacial score (nSPS) is 10.3. The third-order valence-electron chi connectivity index (χ3n) is 3.65. The Morgan fingerprint density at radius 3 is 2.64 bits per heavy atom. The van der Waals surface area contributed by atoms with Crippen LogP contribution in [-0.2, 0) is 4.74 Å². The van der Waals surface area contributed by atoms with Gasteiger partial charge in [-0.25, -0.2) is 4.79 Å². The van der Waals surface area contributed by atoms with Crippen LogP contribution >= 0.6 is 11.3 Å². The molecule has 0 saturated carbocycles. The van der Waals surface area contributed by atoms with Crippen LogP contribution in [0.25, 0.3) is 10.6 Å². The van der Waals surface area contributed by atoms with Crippen molar-refractivity contribution in [3.63, 3.8) is 0 Å². The summed E-state index contributed by atoms with van der Waals surface area (Å²) in [5.74, 6) is -0.723. The molecule has 0 atom stereocenters. The molecule has 25 heavy (non-hydrogen) atoms. The van der Waals surface area contributed by atoms with Crippen LogP contribution in [0.4, 0.5) is 5.69 Å². The van der Waals surface area contributed by atoms with Crippen LogP contribution < -0.4 is 5.32 Å². The fourth-order valence-corrected chi connectivity index (χ4v) is 3.10. The minimum atomic E-state index is -0.450. The number of amides is 1. The number of benzene rings is 1. The zero-order valence-corrected chi connectivity index (χ0v) is 14.6. The molecule has 0 spiro atoms. The Morgan fingerprint density at radius 2 is 1.96 bits per heavy atom. The Bertz CT molecular complexity index is 920. The third-order valence-corrected chi connectivity index (χ3v) is 4.54. The summed E-state index contributed by atoms with van der Waals surface area (Å²) in [6.07, 6.45) is 0. The Hall–Kier alpha value is -2.99. The zero-order chi connectivity index (χ0) is 17.8. The van der Waals surface area contributed by atoms with E-state index in [0.717, 1.165) is 10.6 Å². The van der Waals surface area contributed by atoms with Gasteiger partial charge in [-0.2, -0.15) is 0 Å². The molecular formula is C19H16N2O3S. The summed E-state index contributed by atoms with van der Waals surface area (Å²) in [7, 11) is 1.32. The molecule has 1 aromatic carbocycles. The molecule has 2 heterocycles. The number of carbonyl (C=O) groups excluding carboxylic acids is 2. The minimum absolute atomic E-state index is 0.273. The van der Waals surface area contributed by atoms with Gasteiger partial charge < -0.3 is 10.1 Å². The van der Waals surface area contributed by atoms with Crippen molar-refractivity contribution in [3.05, 3.63) is 70.7 Å². The summed E-state index contributed by atoms with van der Waals surface area (Å²) < 4.78 is 4.69. The van der Waals surface area contributed by atoms with Crippen molar-refractivity contribution in [1.82, 2.24) is 4.98 Å². The lowest BCUT2D eigenvalue weighted by atomic mass is 10.1. The predicted molar refractivity (Wildman–Crippen MR) is 98.0 cm³/mol. The molecule has 3 aromatic rings. The Balaban J connectivity index is 1.81. The number of rotatable bonds is 4. The second kappa shape index (κ2) is 7.27. The number of esters is 1. The van der Waals surface area contributed by atoms with E-state index in [1.54, 1.807) is 48.6 Å². The Morgan fingerprint density at radius 1 is 1.12 bits per heavy atom. The first kappa shape index (κ1) is 16.9. The molecule has 0 aliphatic carbocycles. The van der Waals surface area contributed by atoms with E-state index in [1.165, 1.54) is 7.11 Å². The van der Waals surface area contributed by atoms with E-state index in [-0.39, 0.29) is 5.91 Å². The maximum atomic E-state index is 12.5. The van der Waals surface area contributed by atoms with Gasteiger partial charge >= 0.3 is 5.97 Å². The molecule has 126 valence electrons. The van der Waals surface area contributed by atoms with E-state index >= 15 is 0 Å². The summed E-state index contributed by atoms with van der Waals surface area (Å²) in [4.78, 5) is 29.7. The van der Waals surface area contributed by atoms with Crippen LogP contribution in [0.1, 0.15) is 26.4 Å². The number of ether oxygens (including phenoxy) is 1. The van der Waals surface area contributed by atoms with Gasteiger partial charge in [0.05, 0.1) is 34.5 Å². The molecule has 0 unspecified atom stereocenters. The largest absolute Gasteiger partial charge is 0.465 e. The quantitative estimate of drug-likeness (QED) is 0.716. The molecule has 0 aliphatic heterocycles. The molecule has 1 amide bonds. The fourth-order valence-electron chi connectivity index (χ4n) is 2.40. The number of hydrogen-bond donors (Lipinski definition) is 1. The number of carbonyl (C=O) groups is 2. The first-order chi connectivity index (χ1) is 12.1. The smallest absolute Gasteiger partial charge is 0.337 e. The van der Waals surface area contributed by atoms with Crippen LogP contribution in [0.15, 0.2) is 53.9 Å². The molecule has 5 nitrogen and oxygen atoms in total. The minimum Gasteiger partial charge on any atom is -0.465 e. The fraction of sp³-hybridized carbons (Fsp3) is 0.105. The number of nitrogens with zero attached hydrogens (tertiary/aromatic N) is 1. The van der Waals surface area contributed by atoms with Gasteiger partial charge in [0.2, 0.25) is 0 Å². The number of pyridine rings is 1. The maximum Gasteiger partial charge on any atom is 0.337 e. The number of aryl methyl sites for hydroxylation is 1. The van der Waals surface area contributed by atoms with E-state index in [2.05, 4.69) is 15.0 Å². The highest BCUT2D eigenvalue weighted by Gasteiger charge is 2.13. The number of thiophene rings is 1. The third kappa shape index (κ3) is 3.75. The van der Waals surface area contributed by atoms with Crippen LogP contribution in [0, 0.1) is 6.92 Å². The average Bonchev–Trinajstić information content (AvgIpc) is 3.15. The first-order valence-corrected chi connectivity index (χ1v) is 8.47. The van der Waals surface area contributed by atoms with Crippen molar-refractivity contribution in [3.8, 4) is 10.6 Å². The summed E-state index contributed by atoms with van der Waals surface area (Å²) in [5, 5.41) is 4.78. The number of anilines is 1. The van der Waals surface area contributed by atoms with Gasteiger partial charge in [0.1, 0.15) is 0 Å². The summed E-state index contributed by atoms with van der Waals surface area (Å²) in [6, 6.07) is 14.2. The highest BCUT2D eigenvalue weighted by Crippen LogP contribution is 2.24. The number of aromatic nitrogens is 1. The lowest BCUT2D eigenvalue weighted by molar-refractivity contribution is 0.0600.